The lowest BCUT2D eigenvalue weighted by Gasteiger charge is -2.10. The van der Waals surface area contributed by atoms with Crippen LogP contribution in [0, 0.1) is 6.92 Å². The summed E-state index contributed by atoms with van der Waals surface area (Å²) < 4.78 is 28.9. The summed E-state index contributed by atoms with van der Waals surface area (Å²) >= 11 is 5.80. The minimum Gasteiger partial charge on any atom is -0.433 e. The Bertz CT molecular complexity index is 623. The fourth-order valence-corrected chi connectivity index (χ4v) is 1.84. The maximum atomic E-state index is 12.3. The standard InChI is InChI=1S/C13H12ClF2N3O/c1-7-12(17-2)19-10(6-18-7)8-3-4-9(14)11(5-8)20-13(15)16/h3-6,13H,1-2H3,(H,17,19). The third-order valence-corrected chi connectivity index (χ3v) is 2.95. The number of nitrogens with one attached hydrogen (secondary N) is 1. The van der Waals surface area contributed by atoms with Crippen molar-refractivity contribution in [2.75, 3.05) is 12.4 Å². The molecule has 0 unspecified atom stereocenters. The van der Waals surface area contributed by atoms with E-state index < -0.39 is 6.61 Å². The summed E-state index contributed by atoms with van der Waals surface area (Å²) in [5.74, 6) is 0.529. The molecule has 0 bridgehead atoms. The minimum atomic E-state index is -2.93. The van der Waals surface area contributed by atoms with Gasteiger partial charge in [-0.3, -0.25) is 4.98 Å². The van der Waals surface area contributed by atoms with E-state index in [0.29, 0.717) is 17.1 Å². The lowest BCUT2D eigenvalue weighted by Crippen LogP contribution is -2.03. The number of nitrogens with zero attached hydrogens (tertiary/aromatic N) is 2. The Kier molecular flexibility index (Phi) is 4.34. The third kappa shape index (κ3) is 3.14. The van der Waals surface area contributed by atoms with Gasteiger partial charge in [0.05, 0.1) is 22.6 Å². The van der Waals surface area contributed by atoms with Crippen molar-refractivity contribution in [3.05, 3.63) is 35.1 Å². The van der Waals surface area contributed by atoms with Crippen molar-refractivity contribution in [1.29, 1.82) is 0 Å². The molecule has 1 heterocycles. The lowest BCUT2D eigenvalue weighted by atomic mass is 10.1. The van der Waals surface area contributed by atoms with Crippen LogP contribution in [0.3, 0.4) is 0 Å². The van der Waals surface area contributed by atoms with Crippen molar-refractivity contribution >= 4 is 17.4 Å². The van der Waals surface area contributed by atoms with Gasteiger partial charge < -0.3 is 10.1 Å². The molecular formula is C13H12ClF2N3O. The molecule has 20 heavy (non-hydrogen) atoms. The Balaban J connectivity index is 2.42. The molecule has 2 rings (SSSR count). The summed E-state index contributed by atoms with van der Waals surface area (Å²) in [6.45, 7) is -1.12. The number of rotatable bonds is 4. The van der Waals surface area contributed by atoms with Crippen LogP contribution in [-0.2, 0) is 0 Å². The number of alkyl halides is 2. The first-order valence-corrected chi connectivity index (χ1v) is 6.15. The van der Waals surface area contributed by atoms with Gasteiger partial charge in [0.25, 0.3) is 0 Å². The van der Waals surface area contributed by atoms with E-state index in [9.17, 15) is 8.78 Å². The largest absolute Gasteiger partial charge is 0.433 e. The Hall–Kier alpha value is -1.95. The molecule has 0 saturated heterocycles. The first-order chi connectivity index (χ1) is 9.51. The van der Waals surface area contributed by atoms with Gasteiger partial charge in [0, 0.05) is 12.6 Å². The molecule has 2 aromatic rings. The summed E-state index contributed by atoms with van der Waals surface area (Å²) in [5.41, 5.74) is 1.87. The molecule has 0 spiro atoms. The summed E-state index contributed by atoms with van der Waals surface area (Å²) in [7, 11) is 1.73. The Morgan fingerprint density at radius 1 is 1.35 bits per heavy atom. The van der Waals surface area contributed by atoms with Crippen LogP contribution in [0.25, 0.3) is 11.3 Å². The molecule has 1 aromatic heterocycles. The highest BCUT2D eigenvalue weighted by molar-refractivity contribution is 6.32. The number of hydrogen-bond donors (Lipinski definition) is 1. The molecule has 106 valence electrons. The van der Waals surface area contributed by atoms with Gasteiger partial charge >= 0.3 is 6.61 Å². The predicted octanol–water partition coefficient (Wildman–Crippen LogP) is 3.75. The molecule has 0 aliphatic carbocycles. The van der Waals surface area contributed by atoms with Crippen LogP contribution in [0.5, 0.6) is 5.75 Å². The van der Waals surface area contributed by atoms with Gasteiger partial charge in [-0.15, -0.1) is 0 Å². The van der Waals surface area contributed by atoms with E-state index in [2.05, 4.69) is 20.0 Å². The molecule has 0 aliphatic heterocycles. The SMILES string of the molecule is CNc1nc(-c2ccc(Cl)c(OC(F)F)c2)cnc1C. The van der Waals surface area contributed by atoms with Gasteiger partial charge in [-0.1, -0.05) is 17.7 Å². The molecule has 0 aliphatic rings. The van der Waals surface area contributed by atoms with Gasteiger partial charge in [0.1, 0.15) is 11.6 Å². The van der Waals surface area contributed by atoms with Crippen LogP contribution in [0.4, 0.5) is 14.6 Å². The Morgan fingerprint density at radius 3 is 2.75 bits per heavy atom. The highest BCUT2D eigenvalue weighted by atomic mass is 35.5. The zero-order chi connectivity index (χ0) is 14.7. The molecule has 0 radical (unpaired) electrons. The number of anilines is 1. The fraction of sp³-hybridized carbons (Fsp3) is 0.231. The number of benzene rings is 1. The smallest absolute Gasteiger partial charge is 0.387 e. The zero-order valence-electron chi connectivity index (χ0n) is 10.8. The third-order valence-electron chi connectivity index (χ3n) is 2.64. The second kappa shape index (κ2) is 6.00. The molecule has 1 N–H and O–H groups in total. The first-order valence-electron chi connectivity index (χ1n) is 5.77. The van der Waals surface area contributed by atoms with Gasteiger partial charge in [-0.05, 0) is 19.1 Å². The Labute approximate surface area is 119 Å². The maximum absolute atomic E-state index is 12.3. The molecule has 0 saturated carbocycles. The van der Waals surface area contributed by atoms with Crippen molar-refractivity contribution in [3.63, 3.8) is 0 Å². The lowest BCUT2D eigenvalue weighted by molar-refractivity contribution is -0.0497. The fourth-order valence-electron chi connectivity index (χ4n) is 1.67. The Morgan fingerprint density at radius 2 is 2.10 bits per heavy atom. The molecule has 0 atom stereocenters. The van der Waals surface area contributed by atoms with E-state index in [1.807, 2.05) is 6.92 Å². The van der Waals surface area contributed by atoms with Crippen molar-refractivity contribution in [2.45, 2.75) is 13.5 Å². The van der Waals surface area contributed by atoms with E-state index in [-0.39, 0.29) is 10.8 Å². The van der Waals surface area contributed by atoms with Crippen molar-refractivity contribution in [2.24, 2.45) is 0 Å². The summed E-state index contributed by atoms with van der Waals surface area (Å²) in [4.78, 5) is 8.54. The van der Waals surface area contributed by atoms with Crippen LogP contribution >= 0.6 is 11.6 Å². The van der Waals surface area contributed by atoms with E-state index in [4.69, 9.17) is 11.6 Å². The zero-order valence-corrected chi connectivity index (χ0v) is 11.6. The second-order valence-corrected chi connectivity index (χ2v) is 4.37. The average molecular weight is 300 g/mol. The highest BCUT2D eigenvalue weighted by Gasteiger charge is 2.12. The van der Waals surface area contributed by atoms with Crippen LogP contribution in [0.1, 0.15) is 5.69 Å². The van der Waals surface area contributed by atoms with E-state index >= 15 is 0 Å². The summed E-state index contributed by atoms with van der Waals surface area (Å²) in [6.07, 6.45) is 1.56. The van der Waals surface area contributed by atoms with Crippen LogP contribution in [0.2, 0.25) is 5.02 Å². The molecule has 7 heteroatoms. The number of halogens is 3. The van der Waals surface area contributed by atoms with Crippen LogP contribution < -0.4 is 10.1 Å². The van der Waals surface area contributed by atoms with E-state index in [1.165, 1.54) is 12.1 Å². The molecule has 1 aromatic carbocycles. The van der Waals surface area contributed by atoms with Gasteiger partial charge in [-0.25, -0.2) is 4.98 Å². The number of ether oxygens (including phenoxy) is 1. The number of aryl methyl sites for hydroxylation is 1. The van der Waals surface area contributed by atoms with Crippen molar-refractivity contribution < 1.29 is 13.5 Å². The van der Waals surface area contributed by atoms with E-state index in [1.54, 1.807) is 19.3 Å². The summed E-state index contributed by atoms with van der Waals surface area (Å²) in [5, 5.41) is 3.03. The van der Waals surface area contributed by atoms with Crippen LogP contribution in [0.15, 0.2) is 24.4 Å². The molecule has 0 amide bonds. The second-order valence-electron chi connectivity index (χ2n) is 3.96. The summed E-state index contributed by atoms with van der Waals surface area (Å²) in [6, 6.07) is 4.56. The predicted molar refractivity (Wildman–Crippen MR) is 73.4 cm³/mol. The van der Waals surface area contributed by atoms with Crippen LogP contribution in [-0.4, -0.2) is 23.6 Å². The van der Waals surface area contributed by atoms with Gasteiger partial charge in [0.15, 0.2) is 0 Å². The van der Waals surface area contributed by atoms with Gasteiger partial charge in [-0.2, -0.15) is 8.78 Å². The molecular weight excluding hydrogens is 288 g/mol. The normalized spacial score (nSPS) is 10.7. The first kappa shape index (κ1) is 14.5. The van der Waals surface area contributed by atoms with Gasteiger partial charge in [0.2, 0.25) is 0 Å². The topological polar surface area (TPSA) is 47.0 Å². The monoisotopic (exact) mass is 299 g/mol. The van der Waals surface area contributed by atoms with E-state index in [0.717, 1.165) is 5.69 Å². The average Bonchev–Trinajstić information content (AvgIpc) is 2.41. The molecule has 0 fully saturated rings. The van der Waals surface area contributed by atoms with Crippen molar-refractivity contribution in [1.82, 2.24) is 9.97 Å². The number of hydrogen-bond acceptors (Lipinski definition) is 4. The van der Waals surface area contributed by atoms with Crippen molar-refractivity contribution in [3.8, 4) is 17.0 Å². The minimum absolute atomic E-state index is 0.0902. The maximum Gasteiger partial charge on any atom is 0.387 e. The molecule has 4 nitrogen and oxygen atoms in total. The highest BCUT2D eigenvalue weighted by Crippen LogP contribution is 2.31. The quantitative estimate of drug-likeness (QED) is 0.934. The number of aromatic nitrogens is 2.